The molecule has 0 spiro atoms. The summed E-state index contributed by atoms with van der Waals surface area (Å²) in [6, 6.07) is 6.00. The molecule has 0 aliphatic rings. The number of hydrogen-bond acceptors (Lipinski definition) is 2. The van der Waals surface area contributed by atoms with Crippen molar-refractivity contribution in [1.29, 1.82) is 0 Å². The van der Waals surface area contributed by atoms with Crippen LogP contribution >= 0.6 is 23.2 Å². The Morgan fingerprint density at radius 3 is 2.35 bits per heavy atom. The molecular weight excluding hydrogens is 307 g/mol. The first-order valence-electron chi connectivity index (χ1n) is 5.67. The zero-order valence-electron chi connectivity index (χ0n) is 10.5. The number of rotatable bonds is 3. The third-order valence-corrected chi connectivity index (χ3v) is 3.47. The van der Waals surface area contributed by atoms with Crippen LogP contribution in [0.25, 0.3) is 0 Å². The molecule has 0 saturated carbocycles. The molecular formula is C14H11Cl2F2NO. The van der Waals surface area contributed by atoms with Gasteiger partial charge in [-0.1, -0.05) is 29.3 Å². The van der Waals surface area contributed by atoms with Crippen molar-refractivity contribution in [1.82, 2.24) is 0 Å². The number of halogens is 4. The van der Waals surface area contributed by atoms with E-state index in [9.17, 15) is 8.78 Å². The molecule has 1 atom stereocenters. The van der Waals surface area contributed by atoms with Gasteiger partial charge in [0.2, 0.25) is 0 Å². The number of ether oxygens (including phenoxy) is 1. The highest BCUT2D eigenvalue weighted by Crippen LogP contribution is 2.34. The summed E-state index contributed by atoms with van der Waals surface area (Å²) in [6.07, 6.45) is 0. The Labute approximate surface area is 125 Å². The summed E-state index contributed by atoms with van der Waals surface area (Å²) < 4.78 is 31.6. The Kier molecular flexibility index (Phi) is 4.48. The highest BCUT2D eigenvalue weighted by Gasteiger charge is 2.19. The van der Waals surface area contributed by atoms with Crippen LogP contribution in [-0.2, 0) is 0 Å². The molecule has 0 aliphatic heterocycles. The molecule has 0 radical (unpaired) electrons. The molecule has 0 aromatic heterocycles. The number of hydrogen-bond donors (Lipinski definition) is 1. The van der Waals surface area contributed by atoms with Gasteiger partial charge in [0.15, 0.2) is 11.6 Å². The molecule has 6 heteroatoms. The zero-order chi connectivity index (χ0) is 14.9. The second-order valence-corrected chi connectivity index (χ2v) is 5.00. The fourth-order valence-electron chi connectivity index (χ4n) is 1.89. The number of nitrogens with two attached hydrogens (primary N) is 1. The number of benzene rings is 2. The van der Waals surface area contributed by atoms with Gasteiger partial charge in [0.25, 0.3) is 0 Å². The van der Waals surface area contributed by atoms with E-state index in [1.54, 1.807) is 18.2 Å². The van der Waals surface area contributed by atoms with Crippen LogP contribution in [0.5, 0.6) is 5.75 Å². The van der Waals surface area contributed by atoms with Crippen molar-refractivity contribution in [2.45, 2.75) is 6.04 Å². The summed E-state index contributed by atoms with van der Waals surface area (Å²) in [4.78, 5) is 0. The lowest BCUT2D eigenvalue weighted by Crippen LogP contribution is -2.14. The van der Waals surface area contributed by atoms with Gasteiger partial charge >= 0.3 is 0 Å². The van der Waals surface area contributed by atoms with Crippen LogP contribution in [0.4, 0.5) is 8.78 Å². The minimum Gasteiger partial charge on any atom is -0.496 e. The maximum atomic E-state index is 13.3. The molecule has 0 bridgehead atoms. The summed E-state index contributed by atoms with van der Waals surface area (Å²) >= 11 is 11.8. The van der Waals surface area contributed by atoms with Crippen LogP contribution in [-0.4, -0.2) is 7.11 Å². The molecule has 106 valence electrons. The average Bonchev–Trinajstić information content (AvgIpc) is 2.42. The molecule has 2 aromatic rings. The molecule has 0 aliphatic carbocycles. The fourth-order valence-corrected chi connectivity index (χ4v) is 2.32. The highest BCUT2D eigenvalue weighted by atomic mass is 35.5. The summed E-state index contributed by atoms with van der Waals surface area (Å²) in [5.41, 5.74) is 6.91. The summed E-state index contributed by atoms with van der Waals surface area (Å²) in [6.45, 7) is 0. The van der Waals surface area contributed by atoms with Crippen molar-refractivity contribution >= 4 is 23.2 Å². The molecule has 0 fully saturated rings. The highest BCUT2D eigenvalue weighted by molar-refractivity contribution is 6.31. The molecule has 0 saturated heterocycles. The Morgan fingerprint density at radius 2 is 1.70 bits per heavy atom. The van der Waals surface area contributed by atoms with Crippen LogP contribution in [0.2, 0.25) is 10.0 Å². The summed E-state index contributed by atoms with van der Waals surface area (Å²) in [7, 11) is 1.47. The lowest BCUT2D eigenvalue weighted by molar-refractivity contribution is 0.408. The van der Waals surface area contributed by atoms with Gasteiger partial charge in [-0.3, -0.25) is 0 Å². The molecule has 1 unspecified atom stereocenters. The summed E-state index contributed by atoms with van der Waals surface area (Å²) in [5.74, 6) is -1.58. The Balaban J connectivity index is 2.51. The number of methoxy groups -OCH3 is 1. The van der Waals surface area contributed by atoms with E-state index in [-0.39, 0.29) is 10.6 Å². The second-order valence-electron chi connectivity index (χ2n) is 4.15. The molecule has 2 nitrogen and oxygen atoms in total. The quantitative estimate of drug-likeness (QED) is 0.855. The van der Waals surface area contributed by atoms with Gasteiger partial charge in [-0.25, -0.2) is 8.78 Å². The molecule has 0 heterocycles. The van der Waals surface area contributed by atoms with E-state index in [1.807, 2.05) is 0 Å². The predicted octanol–water partition coefficient (Wildman–Crippen LogP) is 4.33. The van der Waals surface area contributed by atoms with E-state index in [2.05, 4.69) is 0 Å². The minimum absolute atomic E-state index is 0.0494. The van der Waals surface area contributed by atoms with Gasteiger partial charge in [-0.05, 0) is 29.8 Å². The lowest BCUT2D eigenvalue weighted by Gasteiger charge is -2.17. The minimum atomic E-state index is -1.02. The van der Waals surface area contributed by atoms with Crippen LogP contribution in [0.1, 0.15) is 17.2 Å². The van der Waals surface area contributed by atoms with Gasteiger partial charge < -0.3 is 10.5 Å². The summed E-state index contributed by atoms with van der Waals surface area (Å²) in [5, 5.41) is 0.530. The molecule has 0 amide bonds. The zero-order valence-corrected chi connectivity index (χ0v) is 12.0. The van der Waals surface area contributed by atoms with Gasteiger partial charge in [0, 0.05) is 15.6 Å². The first-order valence-corrected chi connectivity index (χ1v) is 6.43. The third-order valence-electron chi connectivity index (χ3n) is 2.91. The van der Waals surface area contributed by atoms with E-state index in [1.165, 1.54) is 7.11 Å². The van der Waals surface area contributed by atoms with E-state index in [0.717, 1.165) is 12.1 Å². The first-order chi connectivity index (χ1) is 9.43. The molecule has 2 aromatic carbocycles. The average molecular weight is 318 g/mol. The molecule has 2 N–H and O–H groups in total. The van der Waals surface area contributed by atoms with E-state index in [4.69, 9.17) is 33.7 Å². The Bertz CT molecular complexity index is 649. The Hall–Kier alpha value is -1.36. The van der Waals surface area contributed by atoms with E-state index in [0.29, 0.717) is 16.3 Å². The molecule has 2 rings (SSSR count). The predicted molar refractivity (Wildman–Crippen MR) is 75.4 cm³/mol. The van der Waals surface area contributed by atoms with Crippen LogP contribution in [0.3, 0.4) is 0 Å². The maximum absolute atomic E-state index is 13.3. The fraction of sp³-hybridized carbons (Fsp3) is 0.143. The first kappa shape index (κ1) is 15.0. The lowest BCUT2D eigenvalue weighted by atomic mass is 9.98. The molecule has 20 heavy (non-hydrogen) atoms. The van der Waals surface area contributed by atoms with E-state index < -0.39 is 17.7 Å². The van der Waals surface area contributed by atoms with E-state index >= 15 is 0 Å². The normalized spacial score (nSPS) is 12.3. The third kappa shape index (κ3) is 2.87. The Morgan fingerprint density at radius 1 is 1.05 bits per heavy atom. The second kappa shape index (κ2) is 5.95. The smallest absolute Gasteiger partial charge is 0.160 e. The van der Waals surface area contributed by atoms with Crippen molar-refractivity contribution in [2.75, 3.05) is 7.11 Å². The van der Waals surface area contributed by atoms with Crippen molar-refractivity contribution < 1.29 is 13.5 Å². The van der Waals surface area contributed by atoms with Crippen LogP contribution in [0, 0.1) is 11.6 Å². The van der Waals surface area contributed by atoms with Crippen LogP contribution < -0.4 is 10.5 Å². The van der Waals surface area contributed by atoms with Crippen molar-refractivity contribution in [3.8, 4) is 5.75 Å². The van der Waals surface area contributed by atoms with Crippen molar-refractivity contribution in [2.24, 2.45) is 5.73 Å². The SMILES string of the molecule is COc1cc(Cl)ccc1C(N)c1cc(F)c(F)cc1Cl. The monoisotopic (exact) mass is 317 g/mol. The largest absolute Gasteiger partial charge is 0.496 e. The van der Waals surface area contributed by atoms with Gasteiger partial charge in [-0.2, -0.15) is 0 Å². The van der Waals surface area contributed by atoms with Crippen molar-refractivity contribution in [3.63, 3.8) is 0 Å². The maximum Gasteiger partial charge on any atom is 0.160 e. The topological polar surface area (TPSA) is 35.2 Å². The van der Waals surface area contributed by atoms with Gasteiger partial charge in [-0.15, -0.1) is 0 Å². The van der Waals surface area contributed by atoms with Gasteiger partial charge in [0.1, 0.15) is 5.75 Å². The standard InChI is InChI=1S/C14H11Cl2F2NO/c1-20-13-4-7(15)2-3-8(13)14(19)9-5-11(17)12(18)6-10(9)16/h2-6,14H,19H2,1H3. The van der Waals surface area contributed by atoms with Crippen LogP contribution in [0.15, 0.2) is 30.3 Å². The van der Waals surface area contributed by atoms with Crippen molar-refractivity contribution in [3.05, 3.63) is 63.1 Å². The van der Waals surface area contributed by atoms with Gasteiger partial charge in [0.05, 0.1) is 13.2 Å².